The van der Waals surface area contributed by atoms with E-state index in [9.17, 15) is 0 Å². The summed E-state index contributed by atoms with van der Waals surface area (Å²) < 4.78 is 22.0. The molecule has 0 unspecified atom stereocenters. The fourth-order valence-corrected chi connectivity index (χ4v) is 7.19. The summed E-state index contributed by atoms with van der Waals surface area (Å²) in [7, 11) is 0. The monoisotopic (exact) mass is 396 g/mol. The van der Waals surface area contributed by atoms with Gasteiger partial charge < -0.3 is 18.9 Å². The third kappa shape index (κ3) is 2.14. The molecule has 2 aliphatic heterocycles. The van der Waals surface area contributed by atoms with Crippen LogP contribution in [0.25, 0.3) is 0 Å². The Bertz CT molecular complexity index is 481. The van der Waals surface area contributed by atoms with Gasteiger partial charge >= 0.3 is 0 Å². The summed E-state index contributed by atoms with van der Waals surface area (Å²) in [5.74, 6) is 1.02. The number of ether oxygens (including phenoxy) is 4. The van der Waals surface area contributed by atoms with E-state index in [1.807, 2.05) is 0 Å². The van der Waals surface area contributed by atoms with E-state index in [-0.39, 0.29) is 16.6 Å². The van der Waals surface area contributed by atoms with Crippen LogP contribution in [-0.2, 0) is 18.9 Å². The number of halogens is 3. The third-order valence-electron chi connectivity index (χ3n) is 6.94. The third-order valence-corrected chi connectivity index (χ3v) is 8.48. The molecular formula is C17H23Cl3O4. The second-order valence-corrected chi connectivity index (χ2v) is 10.3. The van der Waals surface area contributed by atoms with Gasteiger partial charge in [-0.2, -0.15) is 0 Å². The largest absolute Gasteiger partial charge is 0.347 e. The first-order chi connectivity index (χ1) is 11.3. The van der Waals surface area contributed by atoms with Crippen molar-refractivity contribution >= 4 is 34.8 Å². The van der Waals surface area contributed by atoms with E-state index in [4.69, 9.17) is 53.8 Å². The molecule has 0 aromatic carbocycles. The van der Waals surface area contributed by atoms with Crippen LogP contribution in [0.3, 0.4) is 0 Å². The molecular weight excluding hydrogens is 375 g/mol. The average Bonchev–Trinajstić information content (AvgIpc) is 3.09. The van der Waals surface area contributed by atoms with Crippen LogP contribution >= 0.6 is 34.8 Å². The van der Waals surface area contributed by atoms with Crippen LogP contribution in [0.15, 0.2) is 0 Å². The van der Waals surface area contributed by atoms with Crippen molar-refractivity contribution in [2.75, 3.05) is 26.4 Å². The summed E-state index contributed by atoms with van der Waals surface area (Å²) in [5, 5.41) is 0. The Labute approximate surface area is 157 Å². The number of rotatable bonds is 0. The van der Waals surface area contributed by atoms with E-state index in [0.29, 0.717) is 31.0 Å². The molecule has 0 aromatic heterocycles. The smallest absolute Gasteiger partial charge is 0.174 e. The van der Waals surface area contributed by atoms with Gasteiger partial charge in [0.2, 0.25) is 0 Å². The lowest BCUT2D eigenvalue weighted by Crippen LogP contribution is -2.33. The lowest BCUT2D eigenvalue weighted by atomic mass is 10.1. The highest BCUT2D eigenvalue weighted by atomic mass is 35.5. The Kier molecular flexibility index (Phi) is 3.62. The zero-order valence-corrected chi connectivity index (χ0v) is 16.0. The van der Waals surface area contributed by atoms with Gasteiger partial charge in [-0.15, -0.1) is 34.8 Å². The van der Waals surface area contributed by atoms with E-state index < -0.39 is 10.1 Å². The predicted octanol–water partition coefficient (Wildman–Crippen LogP) is 3.71. The first-order valence-electron chi connectivity index (χ1n) is 8.96. The molecule has 2 spiro atoms. The highest BCUT2D eigenvalue weighted by Crippen LogP contribution is 2.72. The lowest BCUT2D eigenvalue weighted by Gasteiger charge is -2.26. The van der Waals surface area contributed by atoms with Crippen LogP contribution in [0.2, 0.25) is 0 Å². The molecule has 0 radical (unpaired) electrons. The minimum absolute atomic E-state index is 0.0391. The number of hydrogen-bond acceptors (Lipinski definition) is 4. The molecule has 2 heterocycles. The van der Waals surface area contributed by atoms with Crippen molar-refractivity contribution < 1.29 is 18.9 Å². The fraction of sp³-hybridized carbons (Fsp3) is 1.00. The van der Waals surface area contributed by atoms with E-state index in [1.165, 1.54) is 6.42 Å². The van der Waals surface area contributed by atoms with Gasteiger partial charge in [-0.05, 0) is 25.7 Å². The first kappa shape index (κ1) is 16.9. The predicted molar refractivity (Wildman–Crippen MR) is 90.4 cm³/mol. The summed E-state index contributed by atoms with van der Waals surface area (Å²) in [5.41, 5.74) is 0. The van der Waals surface area contributed by atoms with E-state index in [0.717, 1.165) is 32.5 Å². The van der Waals surface area contributed by atoms with Crippen molar-refractivity contribution in [2.24, 2.45) is 23.7 Å². The molecule has 0 aromatic rings. The van der Waals surface area contributed by atoms with Crippen molar-refractivity contribution in [1.29, 1.82) is 0 Å². The minimum Gasteiger partial charge on any atom is -0.347 e. The Morgan fingerprint density at radius 1 is 0.708 bits per heavy atom. The maximum absolute atomic E-state index is 6.32. The summed E-state index contributed by atoms with van der Waals surface area (Å²) in [6.07, 6.45) is 4.22. The maximum Gasteiger partial charge on any atom is 0.174 e. The quantitative estimate of drug-likeness (QED) is 0.584. The van der Waals surface area contributed by atoms with Gasteiger partial charge in [0.15, 0.2) is 11.6 Å². The number of fused-ring (bicyclic) bond motifs is 4. The molecule has 2 saturated heterocycles. The Morgan fingerprint density at radius 3 is 1.54 bits per heavy atom. The van der Waals surface area contributed by atoms with Gasteiger partial charge in [0.05, 0.1) is 37.2 Å². The van der Waals surface area contributed by atoms with Crippen molar-refractivity contribution in [2.45, 2.75) is 53.4 Å². The zero-order chi connectivity index (χ0) is 16.8. The molecule has 6 rings (SSSR count). The van der Waals surface area contributed by atoms with Crippen LogP contribution in [0, 0.1) is 23.7 Å². The highest BCUT2D eigenvalue weighted by molar-refractivity contribution is 6.51. The molecule has 6 aliphatic rings. The number of alkyl halides is 3. The van der Waals surface area contributed by atoms with E-state index in [2.05, 4.69) is 6.92 Å². The molecule has 7 heteroatoms. The molecule has 4 aliphatic carbocycles. The van der Waals surface area contributed by atoms with Crippen molar-refractivity contribution in [1.82, 2.24) is 0 Å². The molecule has 0 N–H and O–H groups in total. The standard InChI is InChI=1S/C9H13ClO2.C8H10Cl2O2/c1-8(10)6-2-3-9(7(6)8)11-4-5-12-9;9-8(10)5-1-2-7(6(5)8)11-3-4-12-7/h6-7H,2-5H2,1H3;5-6H,1-4H2/t6-,7+,8-;5-,6-/m00/s1. The zero-order valence-electron chi connectivity index (χ0n) is 13.7. The second kappa shape index (κ2) is 5.15. The Morgan fingerprint density at radius 2 is 1.17 bits per heavy atom. The van der Waals surface area contributed by atoms with Crippen LogP contribution in [0.5, 0.6) is 0 Å². The SMILES string of the molecule is C[C@]1(Cl)[C@H]2CCC3(OCCO3)[C@H]21.ClC1(Cl)[C@H]2CCC3(OCCO3)[C@H]21. The Balaban J connectivity index is 0.000000109. The molecule has 4 saturated carbocycles. The fourth-order valence-electron chi connectivity index (χ4n) is 5.71. The van der Waals surface area contributed by atoms with Crippen molar-refractivity contribution in [3.8, 4) is 0 Å². The van der Waals surface area contributed by atoms with Crippen LogP contribution in [0.1, 0.15) is 32.6 Å². The van der Waals surface area contributed by atoms with Crippen LogP contribution in [-0.4, -0.2) is 47.2 Å². The molecule has 6 fully saturated rings. The van der Waals surface area contributed by atoms with Gasteiger partial charge in [-0.1, -0.05) is 0 Å². The molecule has 5 atom stereocenters. The maximum atomic E-state index is 6.32. The molecule has 0 bridgehead atoms. The van der Waals surface area contributed by atoms with Crippen LogP contribution in [0.4, 0.5) is 0 Å². The van der Waals surface area contributed by atoms with Crippen LogP contribution < -0.4 is 0 Å². The number of hydrogen-bond donors (Lipinski definition) is 0. The summed E-state index contributed by atoms with van der Waals surface area (Å²) in [6.45, 7) is 4.97. The summed E-state index contributed by atoms with van der Waals surface area (Å²) in [4.78, 5) is -0.0391. The van der Waals surface area contributed by atoms with Gasteiger partial charge in [0.25, 0.3) is 0 Å². The molecule has 4 nitrogen and oxygen atoms in total. The molecule has 136 valence electrons. The lowest BCUT2D eigenvalue weighted by molar-refractivity contribution is -0.169. The van der Waals surface area contributed by atoms with Gasteiger partial charge in [-0.3, -0.25) is 0 Å². The summed E-state index contributed by atoms with van der Waals surface area (Å²) >= 11 is 18.5. The van der Waals surface area contributed by atoms with Crippen molar-refractivity contribution in [3.05, 3.63) is 0 Å². The summed E-state index contributed by atoms with van der Waals surface area (Å²) in [6, 6.07) is 0. The Hall–Kier alpha value is 0.710. The topological polar surface area (TPSA) is 36.9 Å². The van der Waals surface area contributed by atoms with Gasteiger partial charge in [0, 0.05) is 24.7 Å². The highest BCUT2D eigenvalue weighted by Gasteiger charge is 2.77. The first-order valence-corrected chi connectivity index (χ1v) is 10.1. The molecule has 24 heavy (non-hydrogen) atoms. The van der Waals surface area contributed by atoms with Crippen molar-refractivity contribution in [3.63, 3.8) is 0 Å². The van der Waals surface area contributed by atoms with Gasteiger partial charge in [0.1, 0.15) is 4.33 Å². The van der Waals surface area contributed by atoms with E-state index >= 15 is 0 Å². The normalized spacial score (nSPS) is 50.5. The van der Waals surface area contributed by atoms with Gasteiger partial charge in [-0.25, -0.2) is 0 Å². The second-order valence-electron chi connectivity index (χ2n) is 8.09. The van der Waals surface area contributed by atoms with E-state index in [1.54, 1.807) is 0 Å². The molecule has 0 amide bonds. The minimum atomic E-state index is -0.567. The average molecular weight is 398 g/mol.